The first-order chi connectivity index (χ1) is 7.54. The van der Waals surface area contributed by atoms with Crippen LogP contribution in [-0.4, -0.2) is 18.4 Å². The van der Waals surface area contributed by atoms with E-state index in [-0.39, 0.29) is 10.7 Å². The normalized spacial score (nSPS) is 10.4. The van der Waals surface area contributed by atoms with Gasteiger partial charge < -0.3 is 10.5 Å². The van der Waals surface area contributed by atoms with E-state index in [9.17, 15) is 8.78 Å². The quantitative estimate of drug-likeness (QED) is 0.476. The van der Waals surface area contributed by atoms with Crippen molar-refractivity contribution in [1.82, 2.24) is 5.43 Å². The fraction of sp³-hybridized carbons (Fsp3) is 0.111. The molecule has 3 N–H and O–H groups in total. The van der Waals surface area contributed by atoms with Gasteiger partial charge in [0.2, 0.25) is 0 Å². The van der Waals surface area contributed by atoms with Crippen LogP contribution in [0.15, 0.2) is 17.2 Å². The second kappa shape index (κ2) is 5.36. The lowest BCUT2D eigenvalue weighted by Crippen LogP contribution is -2.24. The predicted octanol–water partition coefficient (Wildman–Crippen LogP) is 1.14. The van der Waals surface area contributed by atoms with Gasteiger partial charge in [-0.25, -0.2) is 8.78 Å². The van der Waals surface area contributed by atoms with Crippen molar-refractivity contribution in [1.29, 1.82) is 0 Å². The Morgan fingerprint density at radius 1 is 1.50 bits per heavy atom. The van der Waals surface area contributed by atoms with Crippen LogP contribution in [0.2, 0.25) is 0 Å². The lowest BCUT2D eigenvalue weighted by molar-refractivity contribution is 0.360. The summed E-state index contributed by atoms with van der Waals surface area (Å²) in [5.74, 6) is -2.04. The monoisotopic (exact) mass is 245 g/mol. The number of hydrogen-bond donors (Lipinski definition) is 2. The smallest absolute Gasteiger partial charge is 0.190 e. The molecule has 0 fully saturated rings. The summed E-state index contributed by atoms with van der Waals surface area (Å²) in [6.07, 6.45) is 1.19. The van der Waals surface area contributed by atoms with Gasteiger partial charge in [0.25, 0.3) is 0 Å². The fourth-order valence-corrected chi connectivity index (χ4v) is 1.07. The van der Waals surface area contributed by atoms with Crippen LogP contribution < -0.4 is 15.9 Å². The molecule has 1 aromatic rings. The average Bonchev–Trinajstić information content (AvgIpc) is 2.16. The van der Waals surface area contributed by atoms with Crippen LogP contribution >= 0.6 is 12.2 Å². The van der Waals surface area contributed by atoms with E-state index in [1.807, 2.05) is 0 Å². The molecule has 0 aliphatic heterocycles. The lowest BCUT2D eigenvalue weighted by atomic mass is 10.2. The number of nitrogens with zero attached hydrogens (tertiary/aromatic N) is 1. The van der Waals surface area contributed by atoms with E-state index in [1.54, 1.807) is 0 Å². The number of nitrogens with two attached hydrogens (primary N) is 1. The first-order valence-corrected chi connectivity index (χ1v) is 4.57. The average molecular weight is 245 g/mol. The third-order valence-electron chi connectivity index (χ3n) is 1.61. The van der Waals surface area contributed by atoms with Gasteiger partial charge in [-0.3, -0.25) is 5.43 Å². The lowest BCUT2D eigenvalue weighted by Gasteiger charge is -2.03. The molecule has 0 amide bonds. The highest BCUT2D eigenvalue weighted by molar-refractivity contribution is 7.80. The van der Waals surface area contributed by atoms with Crippen molar-refractivity contribution in [3.05, 3.63) is 29.3 Å². The van der Waals surface area contributed by atoms with E-state index in [2.05, 4.69) is 27.5 Å². The summed E-state index contributed by atoms with van der Waals surface area (Å²) in [5, 5.41) is 3.53. The molecule has 0 saturated heterocycles. The Morgan fingerprint density at radius 2 is 2.06 bits per heavy atom. The Hall–Kier alpha value is -1.76. The number of rotatable bonds is 3. The van der Waals surface area contributed by atoms with Crippen molar-refractivity contribution in [2.45, 2.75) is 0 Å². The van der Waals surface area contributed by atoms with Crippen LogP contribution in [-0.2, 0) is 0 Å². The maximum absolute atomic E-state index is 13.2. The molecule has 0 bridgehead atoms. The minimum atomic E-state index is -0.806. The molecule has 0 unspecified atom stereocenters. The van der Waals surface area contributed by atoms with E-state index in [4.69, 9.17) is 5.73 Å². The zero-order chi connectivity index (χ0) is 12.1. The summed E-state index contributed by atoms with van der Waals surface area (Å²) < 4.78 is 30.9. The van der Waals surface area contributed by atoms with Gasteiger partial charge in [0, 0.05) is 5.56 Å². The SMILES string of the molecule is COc1c(F)cc(C=NNC(N)=S)cc1F. The van der Waals surface area contributed by atoms with Crippen LogP contribution in [0.5, 0.6) is 5.75 Å². The first kappa shape index (κ1) is 12.3. The second-order valence-corrected chi connectivity index (χ2v) is 3.19. The van der Waals surface area contributed by atoms with Crippen LogP contribution in [0.25, 0.3) is 0 Å². The van der Waals surface area contributed by atoms with E-state index < -0.39 is 17.4 Å². The molecule has 1 rings (SSSR count). The molecule has 16 heavy (non-hydrogen) atoms. The zero-order valence-electron chi connectivity index (χ0n) is 8.33. The second-order valence-electron chi connectivity index (χ2n) is 2.75. The number of benzene rings is 1. The standard InChI is InChI=1S/C9H9F2N3OS/c1-15-8-6(10)2-5(3-7(8)11)4-13-14-9(12)16/h2-4H,1H3,(H3,12,14,16). The molecule has 0 atom stereocenters. The summed E-state index contributed by atoms with van der Waals surface area (Å²) in [4.78, 5) is 0. The van der Waals surface area contributed by atoms with Crippen LogP contribution in [0.3, 0.4) is 0 Å². The number of ether oxygens (including phenoxy) is 1. The van der Waals surface area contributed by atoms with Crippen molar-refractivity contribution in [3.8, 4) is 5.75 Å². The number of thiocarbonyl (C=S) groups is 1. The molecule has 0 saturated carbocycles. The number of hydrogen-bond acceptors (Lipinski definition) is 3. The van der Waals surface area contributed by atoms with Gasteiger partial charge in [-0.2, -0.15) is 5.10 Å². The van der Waals surface area contributed by atoms with Crippen molar-refractivity contribution in [2.24, 2.45) is 10.8 Å². The van der Waals surface area contributed by atoms with Crippen LogP contribution in [0.1, 0.15) is 5.56 Å². The van der Waals surface area contributed by atoms with Gasteiger partial charge >= 0.3 is 0 Å². The molecule has 0 aromatic heterocycles. The molecular weight excluding hydrogens is 236 g/mol. The predicted molar refractivity (Wildman–Crippen MR) is 60.4 cm³/mol. The minimum absolute atomic E-state index is 0.0364. The molecule has 1 aromatic carbocycles. The van der Waals surface area contributed by atoms with Gasteiger partial charge in [-0.05, 0) is 24.4 Å². The first-order valence-electron chi connectivity index (χ1n) is 4.16. The van der Waals surface area contributed by atoms with E-state index >= 15 is 0 Å². The Bertz CT molecular complexity index is 414. The van der Waals surface area contributed by atoms with Crippen molar-refractivity contribution in [2.75, 3.05) is 7.11 Å². The van der Waals surface area contributed by atoms with Gasteiger partial charge in [0.05, 0.1) is 13.3 Å². The molecule has 0 aliphatic carbocycles. The molecule has 0 radical (unpaired) electrons. The Labute approximate surface area is 96.1 Å². The highest BCUT2D eigenvalue weighted by atomic mass is 32.1. The number of halogens is 2. The molecule has 0 heterocycles. The highest BCUT2D eigenvalue weighted by Gasteiger charge is 2.10. The van der Waals surface area contributed by atoms with Gasteiger partial charge in [-0.15, -0.1) is 0 Å². The third kappa shape index (κ3) is 3.13. The van der Waals surface area contributed by atoms with E-state index in [1.165, 1.54) is 13.3 Å². The van der Waals surface area contributed by atoms with E-state index in [0.717, 1.165) is 12.1 Å². The molecular formula is C9H9F2N3OS. The van der Waals surface area contributed by atoms with Gasteiger partial charge in [-0.1, -0.05) is 0 Å². The number of methoxy groups -OCH3 is 1. The maximum atomic E-state index is 13.2. The summed E-state index contributed by atoms with van der Waals surface area (Å²) >= 11 is 4.49. The Morgan fingerprint density at radius 3 is 2.50 bits per heavy atom. The van der Waals surface area contributed by atoms with Crippen LogP contribution in [0, 0.1) is 11.6 Å². The van der Waals surface area contributed by atoms with Crippen molar-refractivity contribution >= 4 is 23.5 Å². The Balaban J connectivity index is 2.91. The fourth-order valence-electron chi connectivity index (χ4n) is 1.02. The maximum Gasteiger partial charge on any atom is 0.190 e. The van der Waals surface area contributed by atoms with E-state index in [0.29, 0.717) is 0 Å². The molecule has 7 heteroatoms. The highest BCUT2D eigenvalue weighted by Crippen LogP contribution is 2.21. The molecule has 4 nitrogen and oxygen atoms in total. The number of hydrazone groups is 1. The van der Waals surface area contributed by atoms with Crippen LogP contribution in [0.4, 0.5) is 8.78 Å². The molecule has 0 spiro atoms. The van der Waals surface area contributed by atoms with Crippen molar-refractivity contribution < 1.29 is 13.5 Å². The third-order valence-corrected chi connectivity index (χ3v) is 1.70. The zero-order valence-corrected chi connectivity index (χ0v) is 9.15. The molecule has 0 aliphatic rings. The van der Waals surface area contributed by atoms with Gasteiger partial charge in [0.15, 0.2) is 22.5 Å². The summed E-state index contributed by atoms with van der Waals surface area (Å²) in [6, 6.07) is 2.15. The minimum Gasteiger partial charge on any atom is -0.491 e. The summed E-state index contributed by atoms with van der Waals surface area (Å²) in [6.45, 7) is 0. The van der Waals surface area contributed by atoms with Gasteiger partial charge in [0.1, 0.15) is 0 Å². The largest absolute Gasteiger partial charge is 0.491 e. The summed E-state index contributed by atoms with van der Waals surface area (Å²) in [5.41, 5.74) is 7.59. The number of nitrogens with one attached hydrogen (secondary N) is 1. The van der Waals surface area contributed by atoms with Crippen molar-refractivity contribution in [3.63, 3.8) is 0 Å². The molecule has 86 valence electrons. The Kier molecular flexibility index (Phi) is 4.12. The topological polar surface area (TPSA) is 59.6 Å². The summed E-state index contributed by atoms with van der Waals surface area (Å²) in [7, 11) is 1.18.